The summed E-state index contributed by atoms with van der Waals surface area (Å²) in [6.45, 7) is 6.94. The molecule has 1 unspecified atom stereocenters. The second-order valence-corrected chi connectivity index (χ2v) is 9.63. The summed E-state index contributed by atoms with van der Waals surface area (Å²) in [6, 6.07) is 15.5. The number of aryl methyl sites for hydroxylation is 1. The van der Waals surface area contributed by atoms with Gasteiger partial charge in [-0.3, -0.25) is 4.99 Å². The fourth-order valence-electron chi connectivity index (χ4n) is 3.62. The highest BCUT2D eigenvalue weighted by atomic mass is 127. The highest BCUT2D eigenvalue weighted by Gasteiger charge is 2.15. The molecule has 0 amide bonds. The van der Waals surface area contributed by atoms with Gasteiger partial charge in [-0.15, -0.1) is 24.0 Å². The number of anilines is 1. The van der Waals surface area contributed by atoms with Crippen molar-refractivity contribution < 1.29 is 8.42 Å². The summed E-state index contributed by atoms with van der Waals surface area (Å²) in [4.78, 5) is 6.95. The number of nitrogens with one attached hydrogen (secondary N) is 3. The van der Waals surface area contributed by atoms with Gasteiger partial charge in [-0.1, -0.05) is 29.8 Å². The fourth-order valence-corrected chi connectivity index (χ4v) is 4.65. The zero-order chi connectivity index (χ0) is 22.3. The van der Waals surface area contributed by atoms with E-state index in [2.05, 4.69) is 56.4 Å². The Hall–Kier alpha value is -1.85. The zero-order valence-electron chi connectivity index (χ0n) is 19.0. The van der Waals surface area contributed by atoms with Crippen molar-refractivity contribution in [3.63, 3.8) is 0 Å². The number of aliphatic imine (C=N–C) groups is 1. The lowest BCUT2D eigenvalue weighted by atomic mass is 10.1. The normalized spacial score (nSPS) is 15.2. The van der Waals surface area contributed by atoms with Gasteiger partial charge < -0.3 is 15.5 Å². The van der Waals surface area contributed by atoms with Crippen molar-refractivity contribution in [1.82, 2.24) is 15.4 Å². The number of rotatable bonds is 8. The molecule has 1 heterocycles. The van der Waals surface area contributed by atoms with Gasteiger partial charge >= 0.3 is 0 Å². The Kier molecular flexibility index (Phi) is 10.2. The van der Waals surface area contributed by atoms with Crippen LogP contribution in [-0.4, -0.2) is 47.6 Å². The molecule has 0 bridgehead atoms. The van der Waals surface area contributed by atoms with Crippen LogP contribution in [0.5, 0.6) is 0 Å². The monoisotopic (exact) mass is 571 g/mol. The molecule has 0 aliphatic carbocycles. The van der Waals surface area contributed by atoms with Gasteiger partial charge in [0.05, 0.1) is 10.9 Å². The van der Waals surface area contributed by atoms with E-state index in [0.717, 1.165) is 18.7 Å². The molecule has 1 aliphatic rings. The lowest BCUT2D eigenvalue weighted by molar-refractivity contribution is 0.580. The van der Waals surface area contributed by atoms with Crippen LogP contribution in [0.2, 0.25) is 0 Å². The molecule has 1 fully saturated rings. The molecule has 0 radical (unpaired) electrons. The van der Waals surface area contributed by atoms with Crippen LogP contribution in [0.3, 0.4) is 0 Å². The number of sulfonamides is 1. The minimum absolute atomic E-state index is 0. The highest BCUT2D eigenvalue weighted by molar-refractivity contribution is 14.0. The number of nitrogens with zero attached hydrogens (tertiary/aromatic N) is 2. The third-order valence-electron chi connectivity index (χ3n) is 5.46. The maximum Gasteiger partial charge on any atom is 0.240 e. The molecule has 2 aromatic carbocycles. The minimum atomic E-state index is -3.52. The van der Waals surface area contributed by atoms with Crippen LogP contribution in [0.1, 0.15) is 36.9 Å². The van der Waals surface area contributed by atoms with Gasteiger partial charge in [-0.25, -0.2) is 13.1 Å². The maximum absolute atomic E-state index is 12.4. The van der Waals surface area contributed by atoms with Gasteiger partial charge in [0.1, 0.15) is 0 Å². The molecule has 32 heavy (non-hydrogen) atoms. The molecule has 7 nitrogen and oxygen atoms in total. The van der Waals surface area contributed by atoms with Crippen molar-refractivity contribution in [3.8, 4) is 0 Å². The van der Waals surface area contributed by atoms with E-state index in [0.29, 0.717) is 12.5 Å². The smallest absolute Gasteiger partial charge is 0.240 e. The molecular weight excluding hydrogens is 537 g/mol. The first-order valence-electron chi connectivity index (χ1n) is 10.8. The van der Waals surface area contributed by atoms with Crippen LogP contribution in [-0.2, 0) is 10.0 Å². The van der Waals surface area contributed by atoms with E-state index in [1.54, 1.807) is 31.3 Å². The quantitative estimate of drug-likeness (QED) is 0.196. The van der Waals surface area contributed by atoms with Crippen molar-refractivity contribution in [1.29, 1.82) is 0 Å². The van der Waals surface area contributed by atoms with Crippen molar-refractivity contribution in [2.45, 2.75) is 37.6 Å². The van der Waals surface area contributed by atoms with Crippen molar-refractivity contribution in [3.05, 3.63) is 59.7 Å². The summed E-state index contributed by atoms with van der Waals surface area (Å²) < 4.78 is 27.4. The Bertz CT molecular complexity index is 990. The summed E-state index contributed by atoms with van der Waals surface area (Å²) >= 11 is 0. The summed E-state index contributed by atoms with van der Waals surface area (Å²) in [5.41, 5.74) is 3.47. The number of halogens is 1. The number of benzene rings is 2. The van der Waals surface area contributed by atoms with Crippen molar-refractivity contribution in [2.24, 2.45) is 4.99 Å². The lowest BCUT2D eigenvalue weighted by Gasteiger charge is -2.22. The van der Waals surface area contributed by atoms with Crippen molar-refractivity contribution >= 4 is 45.6 Å². The van der Waals surface area contributed by atoms with Gasteiger partial charge in [0.15, 0.2) is 5.96 Å². The molecule has 3 N–H and O–H groups in total. The Morgan fingerprint density at radius 3 is 2.44 bits per heavy atom. The summed E-state index contributed by atoms with van der Waals surface area (Å²) in [5, 5.41) is 6.55. The van der Waals surface area contributed by atoms with E-state index in [4.69, 9.17) is 0 Å². The third kappa shape index (κ3) is 7.35. The largest absolute Gasteiger partial charge is 0.372 e. The van der Waals surface area contributed by atoms with Gasteiger partial charge in [0.25, 0.3) is 0 Å². The zero-order valence-corrected chi connectivity index (χ0v) is 22.1. The molecule has 1 aliphatic heterocycles. The topological polar surface area (TPSA) is 85.8 Å². The van der Waals surface area contributed by atoms with E-state index in [9.17, 15) is 8.42 Å². The van der Waals surface area contributed by atoms with Gasteiger partial charge in [0, 0.05) is 38.9 Å². The fraction of sp³-hybridized carbons (Fsp3) is 0.435. The molecule has 0 aromatic heterocycles. The Balaban J connectivity index is 0.00000363. The Morgan fingerprint density at radius 2 is 1.78 bits per heavy atom. The molecule has 1 atom stereocenters. The molecule has 1 saturated heterocycles. The summed E-state index contributed by atoms with van der Waals surface area (Å²) in [7, 11) is -1.81. The summed E-state index contributed by atoms with van der Waals surface area (Å²) in [5.74, 6) is 0.633. The van der Waals surface area contributed by atoms with Gasteiger partial charge in [-0.2, -0.15) is 0 Å². The molecule has 0 saturated carbocycles. The van der Waals surface area contributed by atoms with Gasteiger partial charge in [-0.05, 0) is 56.5 Å². The minimum Gasteiger partial charge on any atom is -0.372 e. The maximum atomic E-state index is 12.4. The van der Waals surface area contributed by atoms with Crippen LogP contribution in [0.15, 0.2) is 58.4 Å². The van der Waals surface area contributed by atoms with E-state index in [1.807, 2.05) is 6.92 Å². The van der Waals surface area contributed by atoms with Crippen LogP contribution < -0.4 is 20.3 Å². The first-order valence-corrected chi connectivity index (χ1v) is 12.3. The third-order valence-corrected chi connectivity index (χ3v) is 6.94. The van der Waals surface area contributed by atoms with E-state index >= 15 is 0 Å². The predicted molar refractivity (Wildman–Crippen MR) is 143 cm³/mol. The first-order chi connectivity index (χ1) is 14.9. The van der Waals surface area contributed by atoms with Crippen LogP contribution in [0.4, 0.5) is 5.69 Å². The molecule has 3 rings (SSSR count). The molecule has 0 spiro atoms. The molecular formula is C23H34IN5O2S. The Labute approximate surface area is 209 Å². The van der Waals surface area contributed by atoms with Crippen LogP contribution in [0.25, 0.3) is 0 Å². The van der Waals surface area contributed by atoms with Crippen LogP contribution in [0, 0.1) is 6.92 Å². The van der Waals surface area contributed by atoms with E-state index in [-0.39, 0.29) is 41.5 Å². The van der Waals surface area contributed by atoms with Crippen LogP contribution >= 0.6 is 24.0 Å². The second kappa shape index (κ2) is 12.4. The number of hydrogen-bond acceptors (Lipinski definition) is 4. The average Bonchev–Trinajstić information content (AvgIpc) is 3.31. The number of guanidine groups is 1. The lowest BCUT2D eigenvalue weighted by Crippen LogP contribution is -2.42. The molecule has 2 aromatic rings. The standard InChI is InChI=1S/C23H33N5O2S.HI/c1-18-9-11-22(12-10-18)31(29,30)26-14-13-25-23(24-3)27-19(2)20-7-6-8-21(17-20)28-15-4-5-16-28;/h6-12,17,19,26H,4-5,13-16H2,1-3H3,(H2,24,25,27);1H. The Morgan fingerprint density at radius 1 is 1.09 bits per heavy atom. The van der Waals surface area contributed by atoms with E-state index in [1.165, 1.54) is 24.1 Å². The average molecular weight is 572 g/mol. The molecule has 176 valence electrons. The number of hydrogen-bond donors (Lipinski definition) is 3. The van der Waals surface area contributed by atoms with E-state index < -0.39 is 10.0 Å². The van der Waals surface area contributed by atoms with Gasteiger partial charge in [0.2, 0.25) is 10.0 Å². The second-order valence-electron chi connectivity index (χ2n) is 7.86. The predicted octanol–water partition coefficient (Wildman–Crippen LogP) is 3.42. The highest BCUT2D eigenvalue weighted by Crippen LogP contribution is 2.23. The first kappa shape index (κ1) is 26.4. The summed E-state index contributed by atoms with van der Waals surface area (Å²) in [6.07, 6.45) is 2.50. The SMILES string of the molecule is CN=C(NCCNS(=O)(=O)c1ccc(C)cc1)NC(C)c1cccc(N2CCCC2)c1.I. The molecule has 9 heteroatoms. The van der Waals surface area contributed by atoms with Crippen molar-refractivity contribution in [2.75, 3.05) is 38.1 Å².